The van der Waals surface area contributed by atoms with Gasteiger partial charge in [0.1, 0.15) is 0 Å². The van der Waals surface area contributed by atoms with Crippen molar-refractivity contribution in [3.63, 3.8) is 0 Å². The van der Waals surface area contributed by atoms with Gasteiger partial charge in [-0.15, -0.1) is 0 Å². The summed E-state index contributed by atoms with van der Waals surface area (Å²) in [5.74, 6) is -0.785. The van der Waals surface area contributed by atoms with Gasteiger partial charge in [-0.1, -0.05) is 0 Å². The van der Waals surface area contributed by atoms with Gasteiger partial charge < -0.3 is 19.3 Å². The van der Waals surface area contributed by atoms with Crippen molar-refractivity contribution in [2.24, 2.45) is 0 Å². The Kier molecular flexibility index (Phi) is 6.19. The molecule has 126 valence electrons. The second-order valence-corrected chi connectivity index (χ2v) is 5.60. The van der Waals surface area contributed by atoms with Crippen molar-refractivity contribution in [2.75, 3.05) is 19.7 Å². The van der Waals surface area contributed by atoms with Crippen LogP contribution >= 0.6 is 0 Å². The lowest BCUT2D eigenvalue weighted by molar-refractivity contribution is -0.137. The maximum Gasteiger partial charge on any atom is 0.303 e. The van der Waals surface area contributed by atoms with Crippen molar-refractivity contribution in [1.29, 1.82) is 0 Å². The number of hydrogen-bond acceptors (Lipinski definition) is 4. The number of amides is 1. The predicted molar refractivity (Wildman–Crippen MR) is 83.5 cm³/mol. The minimum absolute atomic E-state index is 0.0925. The Labute approximate surface area is 134 Å². The number of carboxylic acids is 1. The Morgan fingerprint density at radius 3 is 2.65 bits per heavy atom. The number of aromatic nitrogens is 1. The van der Waals surface area contributed by atoms with Crippen molar-refractivity contribution in [2.45, 2.75) is 38.6 Å². The van der Waals surface area contributed by atoms with E-state index in [4.69, 9.17) is 9.84 Å². The molecule has 0 aliphatic carbocycles. The first kappa shape index (κ1) is 17.1. The lowest BCUT2D eigenvalue weighted by Gasteiger charge is -2.15. The first-order valence-electron chi connectivity index (χ1n) is 7.90. The zero-order chi connectivity index (χ0) is 16.7. The van der Waals surface area contributed by atoms with Crippen LogP contribution in [0.1, 0.15) is 32.1 Å². The second-order valence-electron chi connectivity index (χ2n) is 5.60. The molecule has 2 heterocycles. The summed E-state index contributed by atoms with van der Waals surface area (Å²) in [6, 6.07) is 3.24. The fourth-order valence-electron chi connectivity index (χ4n) is 2.56. The summed E-state index contributed by atoms with van der Waals surface area (Å²) in [5, 5.41) is 8.60. The van der Waals surface area contributed by atoms with Gasteiger partial charge in [0, 0.05) is 32.3 Å². The number of unbranched alkanes of at least 4 members (excludes halogenated alkanes) is 1. The summed E-state index contributed by atoms with van der Waals surface area (Å²) in [6.07, 6.45) is 4.87. The van der Waals surface area contributed by atoms with Crippen LogP contribution < -0.4 is 10.3 Å². The lowest BCUT2D eigenvalue weighted by Crippen LogP contribution is -2.33. The highest BCUT2D eigenvalue weighted by Gasteiger charge is 2.18. The van der Waals surface area contributed by atoms with Gasteiger partial charge in [0.25, 0.3) is 11.5 Å². The molecule has 0 atom stereocenters. The fourth-order valence-corrected chi connectivity index (χ4v) is 2.56. The highest BCUT2D eigenvalue weighted by atomic mass is 16.5. The molecule has 7 heteroatoms. The molecule has 1 fully saturated rings. The molecule has 0 unspecified atom stereocenters. The van der Waals surface area contributed by atoms with E-state index in [1.54, 1.807) is 23.2 Å². The molecule has 2 rings (SSSR count). The Morgan fingerprint density at radius 2 is 1.96 bits per heavy atom. The number of likely N-dealkylation sites (tertiary alicyclic amines) is 1. The van der Waals surface area contributed by atoms with E-state index in [2.05, 4.69) is 0 Å². The highest BCUT2D eigenvalue weighted by molar-refractivity contribution is 5.78. The van der Waals surface area contributed by atoms with Gasteiger partial charge in [0.05, 0.1) is 0 Å². The molecular weight excluding hydrogens is 300 g/mol. The monoisotopic (exact) mass is 322 g/mol. The molecule has 1 aromatic heterocycles. The van der Waals surface area contributed by atoms with E-state index in [0.29, 0.717) is 19.4 Å². The first-order valence-corrected chi connectivity index (χ1v) is 7.90. The van der Waals surface area contributed by atoms with Crippen LogP contribution in [-0.2, 0) is 16.1 Å². The highest BCUT2D eigenvalue weighted by Crippen LogP contribution is 2.09. The molecule has 0 aromatic carbocycles. The van der Waals surface area contributed by atoms with Gasteiger partial charge in [-0.3, -0.25) is 14.4 Å². The maximum atomic E-state index is 12.2. The van der Waals surface area contributed by atoms with Gasteiger partial charge >= 0.3 is 5.97 Å². The van der Waals surface area contributed by atoms with Crippen LogP contribution in [0.3, 0.4) is 0 Å². The number of ether oxygens (including phenoxy) is 1. The molecule has 23 heavy (non-hydrogen) atoms. The third-order valence-electron chi connectivity index (χ3n) is 3.83. The smallest absolute Gasteiger partial charge is 0.303 e. The minimum Gasteiger partial charge on any atom is -0.481 e. The van der Waals surface area contributed by atoms with E-state index in [9.17, 15) is 14.4 Å². The topological polar surface area (TPSA) is 88.8 Å². The second kappa shape index (κ2) is 8.36. The van der Waals surface area contributed by atoms with E-state index >= 15 is 0 Å². The number of nitrogens with zero attached hydrogens (tertiary/aromatic N) is 2. The van der Waals surface area contributed by atoms with Gasteiger partial charge in [-0.05, 0) is 37.8 Å². The number of pyridine rings is 1. The summed E-state index contributed by atoms with van der Waals surface area (Å²) in [7, 11) is 0. The van der Waals surface area contributed by atoms with Crippen LogP contribution in [0.15, 0.2) is 23.1 Å². The van der Waals surface area contributed by atoms with Crippen LogP contribution in [-0.4, -0.2) is 46.1 Å². The van der Waals surface area contributed by atoms with Crippen LogP contribution in [0, 0.1) is 0 Å². The summed E-state index contributed by atoms with van der Waals surface area (Å²) in [5.41, 5.74) is -0.294. The van der Waals surface area contributed by atoms with E-state index in [-0.39, 0.29) is 30.2 Å². The molecule has 7 nitrogen and oxygen atoms in total. The van der Waals surface area contributed by atoms with Crippen LogP contribution in [0.25, 0.3) is 0 Å². The number of carbonyl (C=O) groups excluding carboxylic acids is 1. The van der Waals surface area contributed by atoms with Crippen molar-refractivity contribution in [1.82, 2.24) is 9.47 Å². The molecule has 1 amide bonds. The normalized spacial score (nSPS) is 14.0. The molecule has 1 saturated heterocycles. The van der Waals surface area contributed by atoms with Gasteiger partial charge in [0.15, 0.2) is 12.4 Å². The van der Waals surface area contributed by atoms with Crippen molar-refractivity contribution >= 4 is 11.9 Å². The summed E-state index contributed by atoms with van der Waals surface area (Å²) in [4.78, 5) is 36.4. The molecule has 1 aliphatic heterocycles. The molecule has 1 aliphatic rings. The fraction of sp³-hybridized carbons (Fsp3) is 0.562. The lowest BCUT2D eigenvalue weighted by atomic mass is 10.2. The Balaban J connectivity index is 1.87. The van der Waals surface area contributed by atoms with Crippen LogP contribution in [0.2, 0.25) is 0 Å². The van der Waals surface area contributed by atoms with Crippen molar-refractivity contribution in [3.8, 4) is 5.75 Å². The van der Waals surface area contributed by atoms with Crippen LogP contribution in [0.5, 0.6) is 5.75 Å². The van der Waals surface area contributed by atoms with Gasteiger partial charge in [0.2, 0.25) is 0 Å². The van der Waals surface area contributed by atoms with Gasteiger partial charge in [-0.25, -0.2) is 0 Å². The number of carboxylic acid groups (broad SMARTS) is 1. The van der Waals surface area contributed by atoms with E-state index in [0.717, 1.165) is 25.9 Å². The summed E-state index contributed by atoms with van der Waals surface area (Å²) >= 11 is 0. The number of hydrogen-bond donors (Lipinski definition) is 1. The number of aliphatic carboxylic acids is 1. The Bertz CT molecular complexity index is 605. The summed E-state index contributed by atoms with van der Waals surface area (Å²) in [6.45, 7) is 1.82. The number of carbonyl (C=O) groups is 2. The Hall–Kier alpha value is -2.31. The van der Waals surface area contributed by atoms with Crippen molar-refractivity contribution in [3.05, 3.63) is 28.7 Å². The zero-order valence-corrected chi connectivity index (χ0v) is 13.1. The van der Waals surface area contributed by atoms with Crippen LogP contribution in [0.4, 0.5) is 0 Å². The average molecular weight is 322 g/mol. The zero-order valence-electron chi connectivity index (χ0n) is 13.1. The van der Waals surface area contributed by atoms with Gasteiger partial charge in [-0.2, -0.15) is 0 Å². The molecule has 0 saturated carbocycles. The minimum atomic E-state index is -0.838. The first-order chi connectivity index (χ1) is 11.1. The molecule has 0 spiro atoms. The number of rotatable bonds is 8. The van der Waals surface area contributed by atoms with E-state index < -0.39 is 5.97 Å². The third-order valence-corrected chi connectivity index (χ3v) is 3.83. The molecule has 1 N–H and O–H groups in total. The SMILES string of the molecule is O=C(O)CCCCn1cccc(OCC(=O)N2CCCC2)c1=O. The Morgan fingerprint density at radius 1 is 1.22 bits per heavy atom. The average Bonchev–Trinajstić information content (AvgIpc) is 3.05. The van der Waals surface area contributed by atoms with E-state index in [1.807, 2.05) is 0 Å². The quantitative estimate of drug-likeness (QED) is 0.724. The third kappa shape index (κ3) is 5.12. The number of aryl methyl sites for hydroxylation is 1. The predicted octanol–water partition coefficient (Wildman–Crippen LogP) is 1.10. The molecule has 1 aromatic rings. The largest absolute Gasteiger partial charge is 0.481 e. The van der Waals surface area contributed by atoms with Crippen molar-refractivity contribution < 1.29 is 19.4 Å². The summed E-state index contributed by atoms with van der Waals surface area (Å²) < 4.78 is 6.86. The maximum absolute atomic E-state index is 12.2. The molecular formula is C16H22N2O5. The molecule has 0 radical (unpaired) electrons. The van der Waals surface area contributed by atoms with E-state index in [1.165, 1.54) is 4.57 Å². The molecule has 0 bridgehead atoms. The standard InChI is InChI=1S/C16H22N2O5/c19-14(17-8-3-4-9-17)12-23-13-6-5-11-18(16(13)22)10-2-1-7-15(20)21/h5-6,11H,1-4,7-10,12H2,(H,20,21).